The van der Waals surface area contributed by atoms with Gasteiger partial charge in [-0.25, -0.2) is 4.79 Å². The monoisotopic (exact) mass is 297 g/mol. The molecular formula is C14H23N3O2S. The molecular weight excluding hydrogens is 274 g/mol. The van der Waals surface area contributed by atoms with Crippen LogP contribution in [0, 0.1) is 5.92 Å². The molecule has 0 unspecified atom stereocenters. The van der Waals surface area contributed by atoms with Gasteiger partial charge >= 0.3 is 6.03 Å². The Morgan fingerprint density at radius 2 is 2.35 bits per heavy atom. The molecule has 2 amide bonds. The Kier molecular flexibility index (Phi) is 4.62. The Morgan fingerprint density at radius 1 is 1.60 bits per heavy atom. The standard InChI is InChI=1S/C14H23N3O2S/c1-14(2,3)11-7-12(16-19-11)15-13(18)17-6-5-10(8-17)9-20-4/h7,10H,5-6,8-9H2,1-4H3,(H,15,16,18)/t10-/m0/s1. The second-order valence-corrected chi connectivity index (χ2v) is 7.22. The average Bonchev–Trinajstić information content (AvgIpc) is 2.97. The molecule has 1 aliphatic rings. The molecule has 0 aromatic carbocycles. The van der Waals surface area contributed by atoms with Crippen LogP contribution in [0.5, 0.6) is 0 Å². The van der Waals surface area contributed by atoms with Gasteiger partial charge in [0.15, 0.2) is 5.82 Å². The van der Waals surface area contributed by atoms with Crippen LogP contribution in [0.4, 0.5) is 10.6 Å². The van der Waals surface area contributed by atoms with Crippen molar-refractivity contribution in [3.63, 3.8) is 0 Å². The normalized spacial score (nSPS) is 19.4. The van der Waals surface area contributed by atoms with Gasteiger partial charge in [-0.15, -0.1) is 0 Å². The van der Waals surface area contributed by atoms with Crippen molar-refractivity contribution in [2.75, 3.05) is 30.4 Å². The number of nitrogens with zero attached hydrogens (tertiary/aromatic N) is 2. The maximum atomic E-state index is 12.1. The van der Waals surface area contributed by atoms with Crippen molar-refractivity contribution in [2.24, 2.45) is 5.92 Å². The first-order valence-corrected chi connectivity index (χ1v) is 8.31. The molecule has 1 fully saturated rings. The lowest BCUT2D eigenvalue weighted by Gasteiger charge is -2.16. The molecule has 2 rings (SSSR count). The van der Waals surface area contributed by atoms with Crippen molar-refractivity contribution in [3.05, 3.63) is 11.8 Å². The molecule has 1 aromatic rings. The van der Waals surface area contributed by atoms with E-state index >= 15 is 0 Å². The summed E-state index contributed by atoms with van der Waals surface area (Å²) in [6, 6.07) is 1.72. The molecule has 20 heavy (non-hydrogen) atoms. The van der Waals surface area contributed by atoms with Crippen LogP contribution in [0.25, 0.3) is 0 Å². The number of likely N-dealkylation sites (tertiary alicyclic amines) is 1. The third kappa shape index (κ3) is 3.69. The minimum absolute atomic E-state index is 0.0811. The van der Waals surface area contributed by atoms with Gasteiger partial charge in [-0.3, -0.25) is 5.32 Å². The molecule has 6 heteroatoms. The zero-order valence-electron chi connectivity index (χ0n) is 12.6. The van der Waals surface area contributed by atoms with E-state index in [0.29, 0.717) is 11.7 Å². The third-order valence-electron chi connectivity index (χ3n) is 3.46. The maximum absolute atomic E-state index is 12.1. The second-order valence-electron chi connectivity index (χ2n) is 6.31. The van der Waals surface area contributed by atoms with Crippen molar-refractivity contribution < 1.29 is 9.32 Å². The highest BCUT2D eigenvalue weighted by atomic mass is 32.2. The van der Waals surface area contributed by atoms with Crippen LogP contribution in [0.1, 0.15) is 33.0 Å². The summed E-state index contributed by atoms with van der Waals surface area (Å²) in [5.74, 6) is 2.99. The Hall–Kier alpha value is -1.17. The number of hydrogen-bond donors (Lipinski definition) is 1. The van der Waals surface area contributed by atoms with E-state index in [2.05, 4.69) is 16.7 Å². The van der Waals surface area contributed by atoms with Crippen molar-refractivity contribution >= 4 is 23.6 Å². The van der Waals surface area contributed by atoms with Gasteiger partial charge in [0.05, 0.1) is 0 Å². The Labute approximate surface area is 124 Å². The Balaban J connectivity index is 1.90. The number of aromatic nitrogens is 1. The number of amides is 2. The van der Waals surface area contributed by atoms with Gasteiger partial charge in [-0.1, -0.05) is 25.9 Å². The molecule has 112 valence electrons. The highest BCUT2D eigenvalue weighted by Gasteiger charge is 2.27. The number of rotatable bonds is 3. The lowest BCUT2D eigenvalue weighted by atomic mass is 9.93. The molecule has 1 atom stereocenters. The van der Waals surface area contributed by atoms with Crippen molar-refractivity contribution in [2.45, 2.75) is 32.6 Å². The van der Waals surface area contributed by atoms with Crippen LogP contribution in [0.3, 0.4) is 0 Å². The fourth-order valence-electron chi connectivity index (χ4n) is 2.27. The number of anilines is 1. The molecule has 1 N–H and O–H groups in total. The molecule has 5 nitrogen and oxygen atoms in total. The molecule has 2 heterocycles. The third-order valence-corrected chi connectivity index (χ3v) is 4.26. The quantitative estimate of drug-likeness (QED) is 0.931. The number of carbonyl (C=O) groups excluding carboxylic acids is 1. The van der Waals surface area contributed by atoms with Gasteiger partial charge < -0.3 is 9.42 Å². The molecule has 1 saturated heterocycles. The average molecular weight is 297 g/mol. The van der Waals surface area contributed by atoms with Gasteiger partial charge in [0.1, 0.15) is 5.76 Å². The van der Waals surface area contributed by atoms with E-state index in [0.717, 1.165) is 31.0 Å². The van der Waals surface area contributed by atoms with Crippen molar-refractivity contribution in [1.29, 1.82) is 0 Å². The minimum atomic E-state index is -0.104. The summed E-state index contributed by atoms with van der Waals surface area (Å²) in [6.45, 7) is 7.80. The number of urea groups is 1. The van der Waals surface area contributed by atoms with Crippen LogP contribution in [-0.4, -0.2) is 41.2 Å². The van der Waals surface area contributed by atoms with E-state index in [1.54, 1.807) is 6.07 Å². The van der Waals surface area contributed by atoms with Crippen LogP contribution in [-0.2, 0) is 5.41 Å². The predicted octanol–water partition coefficient (Wildman–Crippen LogP) is 3.19. The summed E-state index contributed by atoms with van der Waals surface area (Å²) in [6.07, 6.45) is 3.19. The van der Waals surface area contributed by atoms with E-state index in [9.17, 15) is 4.79 Å². The summed E-state index contributed by atoms with van der Waals surface area (Å²) in [4.78, 5) is 14.0. The van der Waals surface area contributed by atoms with Crippen molar-refractivity contribution in [1.82, 2.24) is 10.1 Å². The molecule has 1 aliphatic heterocycles. The van der Waals surface area contributed by atoms with Gasteiger partial charge in [0.25, 0.3) is 0 Å². The summed E-state index contributed by atoms with van der Waals surface area (Å²) in [7, 11) is 0. The smallest absolute Gasteiger partial charge is 0.323 e. The maximum Gasteiger partial charge on any atom is 0.323 e. The molecule has 0 radical (unpaired) electrons. The minimum Gasteiger partial charge on any atom is -0.359 e. The van der Waals surface area contributed by atoms with Gasteiger partial charge in [0, 0.05) is 24.6 Å². The number of thioether (sulfide) groups is 1. The number of nitrogens with one attached hydrogen (secondary N) is 1. The van der Waals surface area contributed by atoms with Gasteiger partial charge in [-0.2, -0.15) is 11.8 Å². The van der Waals surface area contributed by atoms with Crippen LogP contribution < -0.4 is 5.32 Å². The first kappa shape index (κ1) is 15.2. The summed E-state index contributed by atoms with van der Waals surface area (Å²) >= 11 is 1.84. The van der Waals surface area contributed by atoms with Gasteiger partial charge in [-0.05, 0) is 24.3 Å². The van der Waals surface area contributed by atoms with Crippen molar-refractivity contribution in [3.8, 4) is 0 Å². The Bertz CT molecular complexity index is 467. The van der Waals surface area contributed by atoms with E-state index in [1.807, 2.05) is 37.4 Å². The van der Waals surface area contributed by atoms with Crippen LogP contribution >= 0.6 is 11.8 Å². The highest BCUT2D eigenvalue weighted by molar-refractivity contribution is 7.98. The zero-order chi connectivity index (χ0) is 14.8. The van der Waals surface area contributed by atoms with E-state index in [-0.39, 0.29) is 11.4 Å². The largest absolute Gasteiger partial charge is 0.359 e. The molecule has 1 aromatic heterocycles. The van der Waals surface area contributed by atoms with E-state index in [1.165, 1.54) is 0 Å². The number of hydrogen-bond acceptors (Lipinski definition) is 4. The zero-order valence-corrected chi connectivity index (χ0v) is 13.4. The topological polar surface area (TPSA) is 58.4 Å². The summed E-state index contributed by atoms with van der Waals surface area (Å²) < 4.78 is 5.27. The second kappa shape index (κ2) is 6.08. The first-order valence-electron chi connectivity index (χ1n) is 6.92. The number of carbonyl (C=O) groups is 1. The molecule has 0 saturated carbocycles. The van der Waals surface area contributed by atoms with E-state index < -0.39 is 0 Å². The summed E-state index contributed by atoms with van der Waals surface area (Å²) in [5, 5.41) is 6.73. The van der Waals surface area contributed by atoms with Gasteiger partial charge in [0.2, 0.25) is 0 Å². The highest BCUT2D eigenvalue weighted by Crippen LogP contribution is 2.25. The molecule has 0 bridgehead atoms. The molecule has 0 spiro atoms. The van der Waals surface area contributed by atoms with Crippen LogP contribution in [0.2, 0.25) is 0 Å². The Morgan fingerprint density at radius 3 is 2.95 bits per heavy atom. The summed E-state index contributed by atoms with van der Waals surface area (Å²) in [5.41, 5.74) is -0.104. The SMILES string of the molecule is CSC[C@H]1CCN(C(=O)Nc2cc(C(C)(C)C)on2)C1. The lowest BCUT2D eigenvalue weighted by molar-refractivity contribution is 0.221. The lowest BCUT2D eigenvalue weighted by Crippen LogP contribution is -2.33. The predicted molar refractivity (Wildman–Crippen MR) is 82.3 cm³/mol. The van der Waals surface area contributed by atoms with Crippen LogP contribution in [0.15, 0.2) is 10.6 Å². The fourth-order valence-corrected chi connectivity index (χ4v) is 3.01. The molecule has 0 aliphatic carbocycles. The fraction of sp³-hybridized carbons (Fsp3) is 0.714. The van der Waals surface area contributed by atoms with E-state index in [4.69, 9.17) is 4.52 Å². The first-order chi connectivity index (χ1) is 9.40.